The Labute approximate surface area is 83.7 Å². The van der Waals surface area contributed by atoms with Crippen LogP contribution in [-0.2, 0) is 13.5 Å². The maximum atomic E-state index is 6.16. The normalized spacial score (nSPS) is 26.5. The molecular formula is C10H15ClN2. The van der Waals surface area contributed by atoms with Crippen LogP contribution in [0.2, 0.25) is 5.15 Å². The molecule has 0 saturated carbocycles. The van der Waals surface area contributed by atoms with E-state index in [0.717, 1.165) is 18.1 Å². The van der Waals surface area contributed by atoms with E-state index >= 15 is 0 Å². The van der Waals surface area contributed by atoms with Crippen molar-refractivity contribution < 1.29 is 0 Å². The molecule has 2 rings (SSSR count). The van der Waals surface area contributed by atoms with Crippen molar-refractivity contribution in [1.82, 2.24) is 4.57 Å². The lowest BCUT2D eigenvalue weighted by molar-refractivity contribution is 0.502. The Balaban J connectivity index is 2.46. The van der Waals surface area contributed by atoms with E-state index in [9.17, 15) is 0 Å². The minimum absolute atomic E-state index is 0.508. The molecule has 0 fully saturated rings. The quantitative estimate of drug-likeness (QED) is 0.735. The molecule has 2 atom stereocenters. The summed E-state index contributed by atoms with van der Waals surface area (Å²) in [6.45, 7) is 2.97. The van der Waals surface area contributed by atoms with Crippen LogP contribution in [0.3, 0.4) is 0 Å². The van der Waals surface area contributed by atoms with Gasteiger partial charge in [0.2, 0.25) is 0 Å². The van der Waals surface area contributed by atoms with Crippen LogP contribution in [0.1, 0.15) is 24.0 Å². The van der Waals surface area contributed by atoms with Crippen LogP contribution in [0, 0.1) is 5.92 Å². The third kappa shape index (κ3) is 1.20. The van der Waals surface area contributed by atoms with Gasteiger partial charge in [0.25, 0.3) is 0 Å². The fraction of sp³-hybridized carbons (Fsp3) is 0.600. The second kappa shape index (κ2) is 3.03. The van der Waals surface area contributed by atoms with Gasteiger partial charge < -0.3 is 10.3 Å². The summed E-state index contributed by atoms with van der Waals surface area (Å²) in [7, 11) is 1.99. The summed E-state index contributed by atoms with van der Waals surface area (Å²) in [4.78, 5) is 0. The maximum Gasteiger partial charge on any atom is 0.112 e. The van der Waals surface area contributed by atoms with Gasteiger partial charge in [-0.25, -0.2) is 0 Å². The zero-order valence-corrected chi connectivity index (χ0v) is 8.80. The second-order valence-electron chi connectivity index (χ2n) is 3.99. The van der Waals surface area contributed by atoms with Crippen molar-refractivity contribution in [2.24, 2.45) is 18.7 Å². The third-order valence-corrected chi connectivity index (χ3v) is 3.60. The van der Waals surface area contributed by atoms with Crippen molar-refractivity contribution in [1.29, 1.82) is 0 Å². The first kappa shape index (κ1) is 9.10. The molecule has 2 N–H and O–H groups in total. The SMILES string of the molecule is CC1Cc2c(cn(C)c2Cl)C1CN. The number of aromatic nitrogens is 1. The summed E-state index contributed by atoms with van der Waals surface area (Å²) in [6.07, 6.45) is 3.20. The smallest absolute Gasteiger partial charge is 0.112 e. The summed E-state index contributed by atoms with van der Waals surface area (Å²) in [5, 5.41) is 0.887. The number of halogens is 1. The van der Waals surface area contributed by atoms with Gasteiger partial charge in [0, 0.05) is 19.2 Å². The van der Waals surface area contributed by atoms with Gasteiger partial charge in [0.15, 0.2) is 0 Å². The van der Waals surface area contributed by atoms with E-state index in [1.807, 2.05) is 11.6 Å². The lowest BCUT2D eigenvalue weighted by atomic mass is 9.95. The van der Waals surface area contributed by atoms with Crippen LogP contribution in [0.5, 0.6) is 0 Å². The highest BCUT2D eigenvalue weighted by molar-refractivity contribution is 6.30. The molecule has 0 aromatic carbocycles. The second-order valence-corrected chi connectivity index (χ2v) is 4.35. The molecule has 0 bridgehead atoms. The summed E-state index contributed by atoms with van der Waals surface area (Å²) in [5.74, 6) is 1.15. The molecule has 2 nitrogen and oxygen atoms in total. The molecule has 3 heteroatoms. The van der Waals surface area contributed by atoms with Crippen molar-refractivity contribution in [3.05, 3.63) is 22.5 Å². The minimum Gasteiger partial charge on any atom is -0.341 e. The number of hydrogen-bond donors (Lipinski definition) is 1. The Morgan fingerprint density at radius 3 is 3.00 bits per heavy atom. The Morgan fingerprint density at radius 1 is 1.69 bits per heavy atom. The number of nitrogens with zero attached hydrogens (tertiary/aromatic N) is 1. The van der Waals surface area contributed by atoms with E-state index in [4.69, 9.17) is 17.3 Å². The topological polar surface area (TPSA) is 30.9 Å². The Hall–Kier alpha value is -0.470. The molecule has 1 aromatic heterocycles. The monoisotopic (exact) mass is 198 g/mol. The number of rotatable bonds is 1. The summed E-state index contributed by atoms with van der Waals surface area (Å²) < 4.78 is 1.99. The molecule has 0 spiro atoms. The van der Waals surface area contributed by atoms with E-state index in [2.05, 4.69) is 13.1 Å². The van der Waals surface area contributed by atoms with Crippen LogP contribution >= 0.6 is 11.6 Å². The molecule has 0 aliphatic heterocycles. The Kier molecular flexibility index (Phi) is 2.12. The first-order chi connectivity index (χ1) is 6.15. The lowest BCUT2D eigenvalue weighted by Crippen LogP contribution is -2.15. The zero-order chi connectivity index (χ0) is 9.59. The zero-order valence-electron chi connectivity index (χ0n) is 8.05. The summed E-state index contributed by atoms with van der Waals surface area (Å²) in [6, 6.07) is 0. The van der Waals surface area contributed by atoms with Crippen LogP contribution in [0.15, 0.2) is 6.20 Å². The number of hydrogen-bond acceptors (Lipinski definition) is 1. The van der Waals surface area contributed by atoms with E-state index in [1.54, 1.807) is 0 Å². The van der Waals surface area contributed by atoms with Gasteiger partial charge in [-0.05, 0) is 30.0 Å². The van der Waals surface area contributed by atoms with E-state index in [-0.39, 0.29) is 0 Å². The number of fused-ring (bicyclic) bond motifs is 1. The van der Waals surface area contributed by atoms with E-state index in [0.29, 0.717) is 11.8 Å². The predicted molar refractivity (Wildman–Crippen MR) is 55.1 cm³/mol. The minimum atomic E-state index is 0.508. The third-order valence-electron chi connectivity index (χ3n) is 3.11. The van der Waals surface area contributed by atoms with Crippen molar-refractivity contribution in [3.63, 3.8) is 0 Å². The van der Waals surface area contributed by atoms with Crippen LogP contribution in [-0.4, -0.2) is 11.1 Å². The molecule has 1 aliphatic carbocycles. The average molecular weight is 199 g/mol. The van der Waals surface area contributed by atoms with Crippen LogP contribution in [0.25, 0.3) is 0 Å². The first-order valence-corrected chi connectivity index (χ1v) is 5.06. The standard InChI is InChI=1S/C10H15ClN2/c1-6-3-7-9(8(6)4-12)5-13(2)10(7)11/h5-6,8H,3-4,12H2,1-2H3. The lowest BCUT2D eigenvalue weighted by Gasteiger charge is -2.13. The average Bonchev–Trinajstić information content (AvgIpc) is 2.52. The molecule has 1 aliphatic rings. The van der Waals surface area contributed by atoms with Crippen molar-refractivity contribution in [2.45, 2.75) is 19.3 Å². The maximum absolute atomic E-state index is 6.16. The largest absolute Gasteiger partial charge is 0.341 e. The summed E-state index contributed by atoms with van der Waals surface area (Å²) in [5.41, 5.74) is 8.42. The Bertz CT molecular complexity index is 330. The van der Waals surface area contributed by atoms with Gasteiger partial charge in [-0.15, -0.1) is 0 Å². The van der Waals surface area contributed by atoms with Gasteiger partial charge >= 0.3 is 0 Å². The highest BCUT2D eigenvalue weighted by atomic mass is 35.5. The van der Waals surface area contributed by atoms with E-state index < -0.39 is 0 Å². The first-order valence-electron chi connectivity index (χ1n) is 4.68. The molecule has 72 valence electrons. The van der Waals surface area contributed by atoms with Gasteiger partial charge in [0.05, 0.1) is 0 Å². The van der Waals surface area contributed by atoms with Crippen molar-refractivity contribution >= 4 is 11.6 Å². The van der Waals surface area contributed by atoms with Crippen molar-refractivity contribution in [3.8, 4) is 0 Å². The molecule has 2 unspecified atom stereocenters. The van der Waals surface area contributed by atoms with Gasteiger partial charge in [0.1, 0.15) is 5.15 Å². The summed E-state index contributed by atoms with van der Waals surface area (Å²) >= 11 is 6.16. The molecule has 0 amide bonds. The highest BCUT2D eigenvalue weighted by Gasteiger charge is 2.31. The molecule has 0 saturated heterocycles. The number of nitrogens with two attached hydrogens (primary N) is 1. The fourth-order valence-electron chi connectivity index (χ4n) is 2.33. The fourth-order valence-corrected chi connectivity index (χ4v) is 2.56. The van der Waals surface area contributed by atoms with E-state index in [1.165, 1.54) is 11.1 Å². The predicted octanol–water partition coefficient (Wildman–Crippen LogP) is 1.91. The number of aryl methyl sites for hydroxylation is 1. The van der Waals surface area contributed by atoms with Gasteiger partial charge in [-0.2, -0.15) is 0 Å². The molecule has 0 radical (unpaired) electrons. The van der Waals surface area contributed by atoms with Crippen LogP contribution < -0.4 is 5.73 Å². The van der Waals surface area contributed by atoms with Gasteiger partial charge in [-0.3, -0.25) is 0 Å². The molecular weight excluding hydrogens is 184 g/mol. The highest BCUT2D eigenvalue weighted by Crippen LogP contribution is 2.41. The molecule has 1 aromatic rings. The van der Waals surface area contributed by atoms with Crippen molar-refractivity contribution in [2.75, 3.05) is 6.54 Å². The van der Waals surface area contributed by atoms with Gasteiger partial charge in [-0.1, -0.05) is 18.5 Å². The molecule has 13 heavy (non-hydrogen) atoms. The van der Waals surface area contributed by atoms with Crippen LogP contribution in [0.4, 0.5) is 0 Å². The Morgan fingerprint density at radius 2 is 2.38 bits per heavy atom. The molecule has 1 heterocycles.